The number of hydrogen-bond donors (Lipinski definition) is 1. The lowest BCUT2D eigenvalue weighted by atomic mass is 9.95. The van der Waals surface area contributed by atoms with Crippen molar-refractivity contribution in [2.24, 2.45) is 5.41 Å². The SMILES string of the molecule is CCNC(=O)c1coc(CN(CC)C(=O)C(C)(C)C)n1. The normalized spacial score (nSPS) is 11.2. The van der Waals surface area contributed by atoms with Crippen molar-refractivity contribution in [3.8, 4) is 0 Å². The van der Waals surface area contributed by atoms with E-state index in [1.165, 1.54) is 6.26 Å². The van der Waals surface area contributed by atoms with E-state index < -0.39 is 5.41 Å². The Bertz CT molecular complexity index is 474. The van der Waals surface area contributed by atoms with Crippen LogP contribution in [0.15, 0.2) is 10.7 Å². The third-order valence-corrected chi connectivity index (χ3v) is 2.76. The molecule has 0 atom stereocenters. The molecule has 0 saturated heterocycles. The number of hydrogen-bond acceptors (Lipinski definition) is 4. The van der Waals surface area contributed by atoms with Gasteiger partial charge >= 0.3 is 0 Å². The number of carbonyl (C=O) groups is 2. The van der Waals surface area contributed by atoms with Gasteiger partial charge < -0.3 is 14.6 Å². The van der Waals surface area contributed by atoms with Gasteiger partial charge in [0.05, 0.1) is 6.54 Å². The maximum Gasteiger partial charge on any atom is 0.273 e. The average molecular weight is 281 g/mol. The predicted octanol–water partition coefficient (Wildman–Crippen LogP) is 1.82. The Balaban J connectivity index is 2.77. The number of nitrogens with zero attached hydrogens (tertiary/aromatic N) is 2. The van der Waals surface area contributed by atoms with Crippen LogP contribution in [0, 0.1) is 5.41 Å². The smallest absolute Gasteiger partial charge is 0.273 e. The van der Waals surface area contributed by atoms with Crippen molar-refractivity contribution >= 4 is 11.8 Å². The summed E-state index contributed by atoms with van der Waals surface area (Å²) in [5.41, 5.74) is -0.216. The molecule has 20 heavy (non-hydrogen) atoms. The lowest BCUT2D eigenvalue weighted by Gasteiger charge is -2.27. The van der Waals surface area contributed by atoms with Crippen LogP contribution in [0.2, 0.25) is 0 Å². The van der Waals surface area contributed by atoms with Crippen molar-refractivity contribution in [3.63, 3.8) is 0 Å². The molecule has 0 aliphatic rings. The fourth-order valence-corrected chi connectivity index (χ4v) is 1.70. The number of oxazole rings is 1. The highest BCUT2D eigenvalue weighted by Crippen LogP contribution is 2.19. The van der Waals surface area contributed by atoms with E-state index in [1.54, 1.807) is 4.90 Å². The summed E-state index contributed by atoms with van der Waals surface area (Å²) in [5.74, 6) is 0.121. The van der Waals surface area contributed by atoms with Crippen LogP contribution < -0.4 is 5.32 Å². The van der Waals surface area contributed by atoms with E-state index >= 15 is 0 Å². The molecule has 1 heterocycles. The molecule has 0 saturated carbocycles. The molecule has 0 radical (unpaired) electrons. The molecule has 1 rings (SSSR count). The third kappa shape index (κ3) is 4.08. The summed E-state index contributed by atoms with van der Waals surface area (Å²) >= 11 is 0. The second-order valence-corrected chi connectivity index (χ2v) is 5.56. The average Bonchev–Trinajstić information content (AvgIpc) is 2.83. The van der Waals surface area contributed by atoms with E-state index in [-0.39, 0.29) is 24.1 Å². The van der Waals surface area contributed by atoms with E-state index in [1.807, 2.05) is 34.6 Å². The first-order valence-electron chi connectivity index (χ1n) is 6.81. The Morgan fingerprint density at radius 2 is 2.00 bits per heavy atom. The van der Waals surface area contributed by atoms with Crippen molar-refractivity contribution < 1.29 is 14.0 Å². The van der Waals surface area contributed by atoms with E-state index in [0.29, 0.717) is 19.0 Å². The first-order valence-corrected chi connectivity index (χ1v) is 6.81. The van der Waals surface area contributed by atoms with Gasteiger partial charge in [-0.2, -0.15) is 0 Å². The third-order valence-electron chi connectivity index (χ3n) is 2.76. The number of aromatic nitrogens is 1. The van der Waals surface area contributed by atoms with Gasteiger partial charge in [-0.15, -0.1) is 0 Å². The van der Waals surface area contributed by atoms with Gasteiger partial charge in [-0.1, -0.05) is 20.8 Å². The molecule has 0 unspecified atom stereocenters. The van der Waals surface area contributed by atoms with Crippen molar-refractivity contribution in [1.82, 2.24) is 15.2 Å². The van der Waals surface area contributed by atoms with E-state index in [0.717, 1.165) is 0 Å². The van der Waals surface area contributed by atoms with Crippen LogP contribution in [0.1, 0.15) is 51.0 Å². The Hall–Kier alpha value is -1.85. The van der Waals surface area contributed by atoms with Gasteiger partial charge in [0.2, 0.25) is 11.8 Å². The zero-order valence-electron chi connectivity index (χ0n) is 12.8. The first-order chi connectivity index (χ1) is 9.29. The Labute approximate surface area is 119 Å². The van der Waals surface area contributed by atoms with Crippen LogP contribution >= 0.6 is 0 Å². The number of carbonyl (C=O) groups excluding carboxylic acids is 2. The minimum atomic E-state index is -0.453. The highest BCUT2D eigenvalue weighted by atomic mass is 16.3. The largest absolute Gasteiger partial charge is 0.446 e. The highest BCUT2D eigenvalue weighted by molar-refractivity contribution is 5.91. The second-order valence-electron chi connectivity index (χ2n) is 5.56. The molecule has 6 heteroatoms. The van der Waals surface area contributed by atoms with Crippen LogP contribution in [0.3, 0.4) is 0 Å². The summed E-state index contributed by atoms with van der Waals surface area (Å²) in [7, 11) is 0. The van der Waals surface area contributed by atoms with Crippen molar-refractivity contribution in [1.29, 1.82) is 0 Å². The van der Waals surface area contributed by atoms with Crippen LogP contribution in [0.25, 0.3) is 0 Å². The summed E-state index contributed by atoms with van der Waals surface area (Å²) in [5, 5.41) is 2.65. The molecule has 2 amide bonds. The molecule has 0 aliphatic carbocycles. The van der Waals surface area contributed by atoms with Gasteiger partial charge in [0.15, 0.2) is 5.69 Å². The monoisotopic (exact) mass is 281 g/mol. The fraction of sp³-hybridized carbons (Fsp3) is 0.643. The maximum atomic E-state index is 12.2. The molecule has 1 N–H and O–H groups in total. The van der Waals surface area contributed by atoms with Crippen LogP contribution in [0.4, 0.5) is 0 Å². The van der Waals surface area contributed by atoms with Gasteiger partial charge in [-0.25, -0.2) is 4.98 Å². The highest BCUT2D eigenvalue weighted by Gasteiger charge is 2.27. The maximum absolute atomic E-state index is 12.2. The molecule has 0 bridgehead atoms. The molecule has 1 aromatic heterocycles. The molecule has 6 nitrogen and oxygen atoms in total. The molecule has 0 fully saturated rings. The van der Waals surface area contributed by atoms with E-state index in [9.17, 15) is 9.59 Å². The first kappa shape index (κ1) is 16.2. The van der Waals surface area contributed by atoms with Crippen LogP contribution in [-0.4, -0.2) is 34.8 Å². The molecule has 0 spiro atoms. The molecule has 1 aromatic rings. The summed E-state index contributed by atoms with van der Waals surface area (Å²) in [6.07, 6.45) is 1.32. The quantitative estimate of drug-likeness (QED) is 0.893. The lowest BCUT2D eigenvalue weighted by molar-refractivity contribution is -0.140. The Morgan fingerprint density at radius 3 is 2.50 bits per heavy atom. The summed E-state index contributed by atoms with van der Waals surface area (Å²) < 4.78 is 5.26. The number of rotatable bonds is 5. The Kier molecular flexibility index (Phi) is 5.30. The van der Waals surface area contributed by atoms with Gasteiger partial charge in [0.1, 0.15) is 6.26 Å². The minimum absolute atomic E-state index is 0.0257. The van der Waals surface area contributed by atoms with E-state index in [4.69, 9.17) is 4.42 Å². The van der Waals surface area contributed by atoms with Gasteiger partial charge in [-0.05, 0) is 13.8 Å². The molecule has 112 valence electrons. The lowest BCUT2D eigenvalue weighted by Crippen LogP contribution is -2.39. The second kappa shape index (κ2) is 6.54. The predicted molar refractivity (Wildman–Crippen MR) is 75.1 cm³/mol. The van der Waals surface area contributed by atoms with E-state index in [2.05, 4.69) is 10.3 Å². The van der Waals surface area contributed by atoms with Gasteiger partial charge in [0.25, 0.3) is 5.91 Å². The van der Waals surface area contributed by atoms with Crippen molar-refractivity contribution in [2.45, 2.75) is 41.2 Å². The van der Waals surface area contributed by atoms with Crippen LogP contribution in [0.5, 0.6) is 0 Å². The molecular formula is C14H23N3O3. The van der Waals surface area contributed by atoms with Crippen LogP contribution in [-0.2, 0) is 11.3 Å². The molecule has 0 aliphatic heterocycles. The van der Waals surface area contributed by atoms with Gasteiger partial charge in [-0.3, -0.25) is 9.59 Å². The summed E-state index contributed by atoms with van der Waals surface area (Å²) in [4.78, 5) is 29.6. The number of nitrogens with one attached hydrogen (secondary N) is 1. The minimum Gasteiger partial charge on any atom is -0.446 e. The van der Waals surface area contributed by atoms with Crippen molar-refractivity contribution in [3.05, 3.63) is 17.8 Å². The summed E-state index contributed by atoms with van der Waals surface area (Å²) in [6.45, 7) is 10.7. The fourth-order valence-electron chi connectivity index (χ4n) is 1.70. The zero-order valence-corrected chi connectivity index (χ0v) is 12.8. The Morgan fingerprint density at radius 1 is 1.35 bits per heavy atom. The molecular weight excluding hydrogens is 258 g/mol. The van der Waals surface area contributed by atoms with Gasteiger partial charge in [0, 0.05) is 18.5 Å². The van der Waals surface area contributed by atoms with Crippen molar-refractivity contribution in [2.75, 3.05) is 13.1 Å². The molecule has 0 aromatic carbocycles. The number of amides is 2. The zero-order chi connectivity index (χ0) is 15.3. The topological polar surface area (TPSA) is 75.4 Å². The standard InChI is InChI=1S/C14H23N3O3/c1-6-15-12(18)10-9-20-11(16-10)8-17(7-2)13(19)14(3,4)5/h9H,6-8H2,1-5H3,(H,15,18). The summed E-state index contributed by atoms with van der Waals surface area (Å²) in [6, 6.07) is 0.